The predicted octanol–water partition coefficient (Wildman–Crippen LogP) is 7.76. The summed E-state index contributed by atoms with van der Waals surface area (Å²) in [6.07, 6.45) is -1.14. The van der Waals surface area contributed by atoms with Gasteiger partial charge in [-0.05, 0) is 29.9 Å². The van der Waals surface area contributed by atoms with Crippen molar-refractivity contribution in [1.29, 1.82) is 0 Å². The van der Waals surface area contributed by atoms with E-state index in [1.54, 1.807) is 0 Å². The number of anilines is 1. The van der Waals surface area contributed by atoms with Crippen LogP contribution in [0.2, 0.25) is 0 Å². The van der Waals surface area contributed by atoms with Crippen molar-refractivity contribution in [2.45, 2.75) is 37.8 Å². The van der Waals surface area contributed by atoms with Crippen LogP contribution in [0.25, 0.3) is 21.7 Å². The molecule has 4 rings (SSSR count). The van der Waals surface area contributed by atoms with Crippen molar-refractivity contribution in [3.8, 4) is 21.7 Å². The molecule has 7 heteroatoms. The van der Waals surface area contributed by atoms with Gasteiger partial charge in [0.05, 0.1) is 17.0 Å². The lowest BCUT2D eigenvalue weighted by atomic mass is 9.80. The number of hydrogen-bond acceptors (Lipinski definition) is 4. The highest BCUT2D eigenvalue weighted by Gasteiger charge is 2.26. The molecule has 0 unspecified atom stereocenters. The number of aromatic nitrogens is 1. The van der Waals surface area contributed by atoms with Crippen molar-refractivity contribution in [3.63, 3.8) is 0 Å². The smallest absolute Gasteiger partial charge is 0.306 e. The van der Waals surface area contributed by atoms with Gasteiger partial charge in [0.1, 0.15) is 0 Å². The van der Waals surface area contributed by atoms with Gasteiger partial charge in [-0.3, -0.25) is 0 Å². The summed E-state index contributed by atoms with van der Waals surface area (Å²) in [4.78, 5) is 5.72. The Morgan fingerprint density at radius 2 is 1.72 bits per heavy atom. The minimum absolute atomic E-state index is 0.0465. The maximum absolute atomic E-state index is 12.4. The van der Waals surface area contributed by atoms with E-state index < -0.39 is 12.6 Å². The van der Waals surface area contributed by atoms with Crippen molar-refractivity contribution in [1.82, 2.24) is 4.98 Å². The van der Waals surface area contributed by atoms with E-state index in [9.17, 15) is 13.2 Å². The molecule has 152 valence electrons. The molecule has 29 heavy (non-hydrogen) atoms. The third-order valence-corrected chi connectivity index (χ3v) is 6.97. The molecule has 1 aromatic heterocycles. The summed E-state index contributed by atoms with van der Waals surface area (Å²) in [5.41, 5.74) is 4.31. The van der Waals surface area contributed by atoms with Gasteiger partial charge in [-0.25, -0.2) is 4.98 Å². The molecule has 2 nitrogen and oxygen atoms in total. The molecule has 2 aromatic carbocycles. The van der Waals surface area contributed by atoms with Crippen LogP contribution in [-0.2, 0) is 0 Å². The van der Waals surface area contributed by atoms with Crippen molar-refractivity contribution in [3.05, 3.63) is 60.2 Å². The van der Waals surface area contributed by atoms with Crippen LogP contribution in [0.1, 0.15) is 37.2 Å². The number of thiazole rings is 1. The standard InChI is InChI=1S/C22H21F3N2S2/c23-22(24,25)13-14-28-27-21-26-19(20(29-21)18-5-2-1-3-6-18)17-11-9-16(10-12-17)15-7-4-8-15/h1-3,5-6,9-12,15H,4,7-8,13-14H2,(H,26,27). The molecule has 0 aliphatic heterocycles. The number of alkyl halides is 3. The average Bonchev–Trinajstić information content (AvgIpc) is 3.09. The van der Waals surface area contributed by atoms with E-state index in [4.69, 9.17) is 4.98 Å². The number of benzene rings is 2. The minimum atomic E-state index is -4.14. The molecule has 1 aliphatic carbocycles. The van der Waals surface area contributed by atoms with Crippen LogP contribution < -0.4 is 4.72 Å². The van der Waals surface area contributed by atoms with Gasteiger partial charge in [0, 0.05) is 11.3 Å². The van der Waals surface area contributed by atoms with Crippen LogP contribution in [0.4, 0.5) is 18.3 Å². The molecule has 0 saturated heterocycles. The molecule has 1 N–H and O–H groups in total. The maximum atomic E-state index is 12.4. The Kier molecular flexibility index (Phi) is 6.15. The minimum Gasteiger partial charge on any atom is -0.306 e. The highest BCUT2D eigenvalue weighted by molar-refractivity contribution is 8.00. The monoisotopic (exact) mass is 434 g/mol. The molecule has 0 bridgehead atoms. The first-order chi connectivity index (χ1) is 14.0. The van der Waals surface area contributed by atoms with Gasteiger partial charge >= 0.3 is 6.18 Å². The average molecular weight is 435 g/mol. The highest BCUT2D eigenvalue weighted by atomic mass is 32.2. The first-order valence-electron chi connectivity index (χ1n) is 9.61. The lowest BCUT2D eigenvalue weighted by Gasteiger charge is -2.25. The van der Waals surface area contributed by atoms with Gasteiger partial charge in [0.15, 0.2) is 5.13 Å². The van der Waals surface area contributed by atoms with Crippen LogP contribution in [0.3, 0.4) is 0 Å². The van der Waals surface area contributed by atoms with Crippen LogP contribution in [0.5, 0.6) is 0 Å². The zero-order valence-electron chi connectivity index (χ0n) is 15.7. The van der Waals surface area contributed by atoms with E-state index in [0.717, 1.165) is 33.6 Å². The number of hydrogen-bond donors (Lipinski definition) is 1. The van der Waals surface area contributed by atoms with Gasteiger partial charge < -0.3 is 4.72 Å². The summed E-state index contributed by atoms with van der Waals surface area (Å²) in [6.45, 7) is 0. The fourth-order valence-electron chi connectivity index (χ4n) is 3.28. The summed E-state index contributed by atoms with van der Waals surface area (Å²) in [5, 5.41) is 0.620. The third-order valence-electron chi connectivity index (χ3n) is 5.07. The molecule has 1 heterocycles. The number of nitrogens with zero attached hydrogens (tertiary/aromatic N) is 1. The van der Waals surface area contributed by atoms with Gasteiger partial charge in [-0.1, -0.05) is 84.3 Å². The highest BCUT2D eigenvalue weighted by Crippen LogP contribution is 2.41. The Bertz CT molecular complexity index is 933. The largest absolute Gasteiger partial charge is 0.389 e. The summed E-state index contributed by atoms with van der Waals surface area (Å²) >= 11 is 2.51. The topological polar surface area (TPSA) is 24.9 Å². The molecule has 1 fully saturated rings. The molecule has 0 atom stereocenters. The van der Waals surface area contributed by atoms with E-state index >= 15 is 0 Å². The van der Waals surface area contributed by atoms with Gasteiger partial charge in [0.2, 0.25) is 0 Å². The number of nitrogens with one attached hydrogen (secondary N) is 1. The van der Waals surface area contributed by atoms with Crippen molar-refractivity contribution < 1.29 is 13.2 Å². The second-order valence-corrected chi connectivity index (χ2v) is 9.03. The van der Waals surface area contributed by atoms with E-state index in [0.29, 0.717) is 11.0 Å². The second kappa shape index (κ2) is 8.79. The zero-order valence-corrected chi connectivity index (χ0v) is 17.3. The molecule has 0 amide bonds. The lowest BCUT2D eigenvalue weighted by Crippen LogP contribution is -2.08. The molecule has 0 radical (unpaired) electrons. The molecule has 1 saturated carbocycles. The predicted molar refractivity (Wildman–Crippen MR) is 116 cm³/mol. The Labute approximate surface area is 176 Å². The first kappa shape index (κ1) is 20.3. The summed E-state index contributed by atoms with van der Waals surface area (Å²) in [5.74, 6) is 0.630. The second-order valence-electron chi connectivity index (χ2n) is 7.13. The van der Waals surface area contributed by atoms with E-state index in [2.05, 4.69) is 29.0 Å². The normalized spacial score (nSPS) is 14.6. The fraction of sp³-hybridized carbons (Fsp3) is 0.318. The Morgan fingerprint density at radius 1 is 1.00 bits per heavy atom. The quantitative estimate of drug-likeness (QED) is 0.304. The summed E-state index contributed by atoms with van der Waals surface area (Å²) < 4.78 is 40.1. The summed E-state index contributed by atoms with van der Waals surface area (Å²) in [7, 11) is 0. The Morgan fingerprint density at radius 3 is 2.34 bits per heavy atom. The van der Waals surface area contributed by atoms with Crippen molar-refractivity contribution >= 4 is 28.4 Å². The fourth-order valence-corrected chi connectivity index (χ4v) is 5.07. The Balaban J connectivity index is 1.56. The zero-order chi connectivity index (χ0) is 20.3. The first-order valence-corrected chi connectivity index (χ1v) is 11.4. The van der Waals surface area contributed by atoms with Gasteiger partial charge in [0.25, 0.3) is 0 Å². The molecule has 3 aromatic rings. The molecular formula is C22H21F3N2S2. The van der Waals surface area contributed by atoms with Crippen molar-refractivity contribution in [2.24, 2.45) is 0 Å². The lowest BCUT2D eigenvalue weighted by molar-refractivity contribution is -0.129. The molecule has 0 spiro atoms. The van der Waals surface area contributed by atoms with E-state index in [1.165, 1.54) is 36.2 Å². The molecular weight excluding hydrogens is 413 g/mol. The van der Waals surface area contributed by atoms with E-state index in [-0.39, 0.29) is 5.75 Å². The van der Waals surface area contributed by atoms with Crippen LogP contribution in [-0.4, -0.2) is 16.9 Å². The van der Waals surface area contributed by atoms with E-state index in [1.807, 2.05) is 30.3 Å². The third kappa shape index (κ3) is 5.14. The van der Waals surface area contributed by atoms with Crippen molar-refractivity contribution in [2.75, 3.05) is 10.5 Å². The van der Waals surface area contributed by atoms with Crippen LogP contribution in [0.15, 0.2) is 54.6 Å². The Hall–Kier alpha value is -1.99. The SMILES string of the molecule is FC(F)(F)CCSNc1nc(-c2ccc(C3CCC3)cc2)c(-c2ccccc2)s1. The van der Waals surface area contributed by atoms with Gasteiger partial charge in [-0.15, -0.1) is 0 Å². The maximum Gasteiger partial charge on any atom is 0.389 e. The van der Waals surface area contributed by atoms with Crippen LogP contribution >= 0.6 is 23.3 Å². The number of halogens is 3. The number of rotatable bonds is 7. The summed E-state index contributed by atoms with van der Waals surface area (Å²) in [6, 6.07) is 18.5. The molecule has 1 aliphatic rings. The van der Waals surface area contributed by atoms with Crippen LogP contribution in [0, 0.1) is 0 Å². The van der Waals surface area contributed by atoms with Gasteiger partial charge in [-0.2, -0.15) is 13.2 Å².